The summed E-state index contributed by atoms with van der Waals surface area (Å²) in [4.78, 5) is 0. The summed E-state index contributed by atoms with van der Waals surface area (Å²) in [6.07, 6.45) is -1.40. The van der Waals surface area contributed by atoms with Gasteiger partial charge in [0.15, 0.2) is 0 Å². The van der Waals surface area contributed by atoms with Crippen LogP contribution in [0.1, 0.15) is 36.4 Å². The molecule has 1 aromatic rings. The number of hydrogen-bond acceptors (Lipinski definition) is 1. The molecule has 1 aliphatic rings. The van der Waals surface area contributed by atoms with Gasteiger partial charge in [0.2, 0.25) is 0 Å². The molecule has 1 aromatic carbocycles. The monoisotopic (exact) mass is 263 g/mol. The van der Waals surface area contributed by atoms with Crippen LogP contribution >= 0.6 is 11.6 Å². The van der Waals surface area contributed by atoms with Crippen molar-refractivity contribution >= 4 is 11.6 Å². The zero-order valence-electron chi connectivity index (χ0n) is 9.10. The average molecular weight is 264 g/mol. The number of nitrogens with two attached hydrogens (primary N) is 1. The van der Waals surface area contributed by atoms with Crippen LogP contribution in [0.2, 0.25) is 5.02 Å². The molecule has 0 amide bonds. The van der Waals surface area contributed by atoms with Crippen LogP contribution in [0.15, 0.2) is 18.2 Å². The molecule has 0 heterocycles. The molecule has 0 radical (unpaired) electrons. The molecule has 0 aromatic heterocycles. The van der Waals surface area contributed by atoms with Gasteiger partial charge in [0, 0.05) is 6.04 Å². The third kappa shape index (κ3) is 2.43. The molecular weight excluding hydrogens is 251 g/mol. The highest BCUT2D eigenvalue weighted by atomic mass is 35.5. The highest BCUT2D eigenvalue weighted by Gasteiger charge is 2.35. The molecule has 2 N–H and O–H groups in total. The molecule has 0 aliphatic heterocycles. The van der Waals surface area contributed by atoms with Crippen LogP contribution in [-0.4, -0.2) is 0 Å². The SMILES string of the molecule is N[C@@H](c1cccc(C(F)(F)F)c1Cl)C1CCC1. The Hall–Kier alpha value is -0.740. The van der Waals surface area contributed by atoms with Crippen molar-refractivity contribution in [3.05, 3.63) is 34.3 Å². The third-order valence-corrected chi connectivity index (χ3v) is 3.77. The Balaban J connectivity index is 2.35. The van der Waals surface area contributed by atoms with Gasteiger partial charge in [0.1, 0.15) is 0 Å². The molecule has 1 aliphatic carbocycles. The summed E-state index contributed by atoms with van der Waals surface area (Å²) >= 11 is 5.81. The Kier molecular flexibility index (Phi) is 3.36. The van der Waals surface area contributed by atoms with Gasteiger partial charge in [0.05, 0.1) is 10.6 Å². The molecule has 0 saturated heterocycles. The lowest BCUT2D eigenvalue weighted by Crippen LogP contribution is -2.27. The molecule has 0 spiro atoms. The maximum absolute atomic E-state index is 12.7. The Morgan fingerprint density at radius 1 is 1.29 bits per heavy atom. The summed E-state index contributed by atoms with van der Waals surface area (Å²) in [5, 5.41) is -0.251. The van der Waals surface area contributed by atoms with Crippen molar-refractivity contribution in [1.29, 1.82) is 0 Å². The maximum atomic E-state index is 12.7. The standard InChI is InChI=1S/C12H13ClF3N/c13-10-8(11(17)7-3-1-4-7)5-2-6-9(10)12(14,15)16/h2,5-7,11H,1,3-4,17H2/t11-/m1/s1. The molecule has 94 valence electrons. The van der Waals surface area contributed by atoms with Crippen molar-refractivity contribution < 1.29 is 13.2 Å². The Morgan fingerprint density at radius 2 is 1.94 bits per heavy atom. The molecule has 1 saturated carbocycles. The van der Waals surface area contributed by atoms with Gasteiger partial charge in [-0.25, -0.2) is 0 Å². The van der Waals surface area contributed by atoms with E-state index in [4.69, 9.17) is 17.3 Å². The molecule has 1 atom stereocenters. The number of halogens is 4. The van der Waals surface area contributed by atoms with Crippen molar-refractivity contribution in [2.75, 3.05) is 0 Å². The van der Waals surface area contributed by atoms with E-state index in [1.165, 1.54) is 6.07 Å². The van der Waals surface area contributed by atoms with Crippen molar-refractivity contribution in [2.24, 2.45) is 11.7 Å². The van der Waals surface area contributed by atoms with E-state index in [0.717, 1.165) is 25.3 Å². The molecule has 1 fully saturated rings. The highest BCUT2D eigenvalue weighted by molar-refractivity contribution is 6.32. The first-order valence-electron chi connectivity index (χ1n) is 5.52. The Bertz CT molecular complexity index is 413. The first-order chi connectivity index (χ1) is 7.91. The minimum Gasteiger partial charge on any atom is -0.324 e. The normalized spacial score (nSPS) is 18.9. The Morgan fingerprint density at radius 3 is 2.41 bits per heavy atom. The van der Waals surface area contributed by atoms with Crippen molar-refractivity contribution in [3.8, 4) is 0 Å². The van der Waals surface area contributed by atoms with E-state index < -0.39 is 17.8 Å². The smallest absolute Gasteiger partial charge is 0.324 e. The summed E-state index contributed by atoms with van der Waals surface area (Å²) < 4.78 is 38.0. The molecule has 0 unspecified atom stereocenters. The second kappa shape index (κ2) is 4.50. The molecule has 2 rings (SSSR count). The lowest BCUT2D eigenvalue weighted by atomic mass is 9.77. The van der Waals surface area contributed by atoms with E-state index in [2.05, 4.69) is 0 Å². The second-order valence-corrected chi connectivity index (χ2v) is 4.80. The van der Waals surface area contributed by atoms with E-state index in [1.54, 1.807) is 6.07 Å². The predicted molar refractivity (Wildman–Crippen MR) is 60.7 cm³/mol. The molecule has 5 heteroatoms. The van der Waals surface area contributed by atoms with Crippen LogP contribution in [0.3, 0.4) is 0 Å². The number of alkyl halides is 3. The first-order valence-corrected chi connectivity index (χ1v) is 5.90. The minimum absolute atomic E-state index is 0.251. The molecule has 0 bridgehead atoms. The summed E-state index contributed by atoms with van der Waals surface area (Å²) in [6, 6.07) is 3.54. The van der Waals surface area contributed by atoms with Gasteiger partial charge in [-0.3, -0.25) is 0 Å². The summed E-state index contributed by atoms with van der Waals surface area (Å²) in [5.74, 6) is 0.260. The van der Waals surface area contributed by atoms with Crippen molar-refractivity contribution in [3.63, 3.8) is 0 Å². The lowest BCUT2D eigenvalue weighted by molar-refractivity contribution is -0.137. The van der Waals surface area contributed by atoms with Crippen LogP contribution < -0.4 is 5.73 Å². The summed E-state index contributed by atoms with van der Waals surface area (Å²) in [5.41, 5.74) is 5.57. The number of benzene rings is 1. The third-order valence-electron chi connectivity index (χ3n) is 3.35. The fraction of sp³-hybridized carbons (Fsp3) is 0.500. The van der Waals surface area contributed by atoms with Crippen molar-refractivity contribution in [2.45, 2.75) is 31.5 Å². The molecular formula is C12H13ClF3N. The van der Waals surface area contributed by atoms with Crippen LogP contribution in [0.25, 0.3) is 0 Å². The maximum Gasteiger partial charge on any atom is 0.417 e. The summed E-state index contributed by atoms with van der Waals surface area (Å²) in [7, 11) is 0. The van der Waals surface area contributed by atoms with Crippen LogP contribution in [0.4, 0.5) is 13.2 Å². The zero-order chi connectivity index (χ0) is 12.6. The van der Waals surface area contributed by atoms with E-state index in [-0.39, 0.29) is 10.9 Å². The minimum atomic E-state index is -4.42. The van der Waals surface area contributed by atoms with Gasteiger partial charge >= 0.3 is 6.18 Å². The zero-order valence-corrected chi connectivity index (χ0v) is 9.85. The summed E-state index contributed by atoms with van der Waals surface area (Å²) in [6.45, 7) is 0. The van der Waals surface area contributed by atoms with E-state index in [9.17, 15) is 13.2 Å². The topological polar surface area (TPSA) is 26.0 Å². The van der Waals surface area contributed by atoms with Crippen molar-refractivity contribution in [1.82, 2.24) is 0 Å². The van der Waals surface area contributed by atoms with Crippen LogP contribution in [0, 0.1) is 5.92 Å². The van der Waals surface area contributed by atoms with Crippen LogP contribution in [0.5, 0.6) is 0 Å². The van der Waals surface area contributed by atoms with Gasteiger partial charge in [-0.15, -0.1) is 0 Å². The average Bonchev–Trinajstić information content (AvgIpc) is 2.13. The molecule has 17 heavy (non-hydrogen) atoms. The van der Waals surface area contributed by atoms with Gasteiger partial charge in [-0.05, 0) is 30.4 Å². The number of hydrogen-bond donors (Lipinski definition) is 1. The number of rotatable bonds is 2. The first kappa shape index (κ1) is 12.7. The Labute approximate surface area is 103 Å². The largest absolute Gasteiger partial charge is 0.417 e. The van der Waals surface area contributed by atoms with Crippen LogP contribution in [-0.2, 0) is 6.18 Å². The van der Waals surface area contributed by atoms with Gasteiger partial charge in [-0.1, -0.05) is 30.2 Å². The fourth-order valence-electron chi connectivity index (χ4n) is 2.08. The quantitative estimate of drug-likeness (QED) is 0.852. The van der Waals surface area contributed by atoms with E-state index in [1.807, 2.05) is 0 Å². The fourth-order valence-corrected chi connectivity index (χ4v) is 2.44. The lowest BCUT2D eigenvalue weighted by Gasteiger charge is -2.32. The van der Waals surface area contributed by atoms with Gasteiger partial charge < -0.3 is 5.73 Å². The highest BCUT2D eigenvalue weighted by Crippen LogP contribution is 2.42. The van der Waals surface area contributed by atoms with Gasteiger partial charge in [0.25, 0.3) is 0 Å². The molecule has 1 nitrogen and oxygen atoms in total. The van der Waals surface area contributed by atoms with Gasteiger partial charge in [-0.2, -0.15) is 13.2 Å². The second-order valence-electron chi connectivity index (χ2n) is 4.42. The predicted octanol–water partition coefficient (Wildman–Crippen LogP) is 4.16. The van der Waals surface area contributed by atoms with E-state index >= 15 is 0 Å². The van der Waals surface area contributed by atoms with E-state index in [0.29, 0.717) is 5.56 Å².